The van der Waals surface area contributed by atoms with E-state index in [1.165, 1.54) is 12.4 Å². The van der Waals surface area contributed by atoms with Crippen molar-refractivity contribution >= 4 is 16.3 Å². The number of anilines is 1. The third-order valence-corrected chi connectivity index (χ3v) is 3.99. The highest BCUT2D eigenvalue weighted by molar-refractivity contribution is 7.88. The van der Waals surface area contributed by atoms with Gasteiger partial charge in [0.25, 0.3) is 0 Å². The van der Waals surface area contributed by atoms with Gasteiger partial charge in [-0.25, -0.2) is 14.3 Å². The van der Waals surface area contributed by atoms with E-state index in [0.29, 0.717) is 5.75 Å². The molecule has 0 saturated carbocycles. The van der Waals surface area contributed by atoms with Gasteiger partial charge < -0.3 is 4.74 Å². The average molecular weight is 309 g/mol. The van der Waals surface area contributed by atoms with Gasteiger partial charge in [-0.3, -0.25) is 4.18 Å². The summed E-state index contributed by atoms with van der Waals surface area (Å²) in [6.07, 6.45) is 2.93. The van der Waals surface area contributed by atoms with Crippen LogP contribution in [0.1, 0.15) is 5.56 Å². The summed E-state index contributed by atoms with van der Waals surface area (Å²) >= 11 is 0. The van der Waals surface area contributed by atoms with E-state index in [0.717, 1.165) is 17.0 Å². The van der Waals surface area contributed by atoms with Gasteiger partial charge in [-0.05, 0) is 23.8 Å². The van der Waals surface area contributed by atoms with Gasteiger partial charge in [0, 0.05) is 12.4 Å². The molecule has 0 bridgehead atoms. The molecular weight excluding hydrogens is 294 g/mol. The van der Waals surface area contributed by atoms with Crippen LogP contribution in [0.4, 0.5) is 5.95 Å². The lowest BCUT2D eigenvalue weighted by Gasteiger charge is -2.20. The topological polar surface area (TPSA) is 81.6 Å². The Kier molecular flexibility index (Phi) is 4.71. The minimum absolute atomic E-state index is 0.0511. The summed E-state index contributed by atoms with van der Waals surface area (Å²) in [4.78, 5) is 7.91. The van der Waals surface area contributed by atoms with Crippen LogP contribution in [0, 0.1) is 0 Å². The fourth-order valence-corrected chi connectivity index (χ4v) is 2.44. The Hall–Kier alpha value is -2.19. The molecule has 0 unspecified atom stereocenters. The Labute approximate surface area is 123 Å². The highest BCUT2D eigenvalue weighted by Gasteiger charge is 2.24. The van der Waals surface area contributed by atoms with Crippen LogP contribution in [-0.2, 0) is 21.0 Å². The van der Waals surface area contributed by atoms with Gasteiger partial charge in [0.05, 0.1) is 20.8 Å². The summed E-state index contributed by atoms with van der Waals surface area (Å²) in [5.41, 5.74) is 0.754. The third-order valence-electron chi connectivity index (χ3n) is 2.74. The lowest BCUT2D eigenvalue weighted by Crippen LogP contribution is -2.32. The molecule has 7 nitrogen and oxygen atoms in total. The molecule has 112 valence electrons. The van der Waals surface area contributed by atoms with E-state index in [2.05, 4.69) is 14.2 Å². The lowest BCUT2D eigenvalue weighted by atomic mass is 10.2. The van der Waals surface area contributed by atoms with Crippen molar-refractivity contribution in [3.05, 3.63) is 48.3 Å². The molecule has 0 aliphatic rings. The molecule has 0 fully saturated rings. The molecule has 0 aliphatic heterocycles. The molecule has 8 heteroatoms. The van der Waals surface area contributed by atoms with Gasteiger partial charge in [-0.1, -0.05) is 12.1 Å². The average Bonchev–Trinajstić information content (AvgIpc) is 2.54. The predicted octanol–water partition coefficient (Wildman–Crippen LogP) is 1.38. The van der Waals surface area contributed by atoms with Crippen molar-refractivity contribution in [1.29, 1.82) is 0 Å². The van der Waals surface area contributed by atoms with Crippen molar-refractivity contribution in [2.24, 2.45) is 0 Å². The number of hydrogen-bond acceptors (Lipinski definition) is 6. The fraction of sp³-hybridized carbons (Fsp3) is 0.231. The second-order valence-corrected chi connectivity index (χ2v) is 5.66. The second-order valence-electron chi connectivity index (χ2n) is 4.03. The van der Waals surface area contributed by atoms with Crippen LogP contribution in [0.5, 0.6) is 5.75 Å². The highest BCUT2D eigenvalue weighted by atomic mass is 32.2. The SMILES string of the molecule is COc1ccc(CN(c2ncccn2)S(=O)(=O)OC)cc1. The zero-order valence-electron chi connectivity index (χ0n) is 11.6. The Morgan fingerprint density at radius 2 is 1.71 bits per heavy atom. The quantitative estimate of drug-likeness (QED) is 0.802. The number of methoxy groups -OCH3 is 1. The first kappa shape index (κ1) is 15.2. The molecule has 2 rings (SSSR count). The van der Waals surface area contributed by atoms with E-state index >= 15 is 0 Å². The Bertz CT molecular complexity index is 674. The van der Waals surface area contributed by atoms with E-state index < -0.39 is 10.3 Å². The molecule has 0 saturated heterocycles. The fourth-order valence-electron chi connectivity index (χ4n) is 1.66. The molecule has 0 amide bonds. The second kappa shape index (κ2) is 6.51. The van der Waals surface area contributed by atoms with E-state index in [4.69, 9.17) is 4.74 Å². The summed E-state index contributed by atoms with van der Waals surface area (Å²) in [5, 5.41) is 0. The van der Waals surface area contributed by atoms with Gasteiger partial charge >= 0.3 is 10.3 Å². The molecule has 1 heterocycles. The van der Waals surface area contributed by atoms with Gasteiger partial charge in [-0.2, -0.15) is 8.42 Å². The van der Waals surface area contributed by atoms with Crippen molar-refractivity contribution in [2.75, 3.05) is 18.5 Å². The molecule has 0 atom stereocenters. The summed E-state index contributed by atoms with van der Waals surface area (Å²) in [6.45, 7) is 0.0597. The number of rotatable bonds is 6. The summed E-state index contributed by atoms with van der Waals surface area (Å²) in [6, 6.07) is 8.63. The van der Waals surface area contributed by atoms with E-state index in [1.54, 1.807) is 37.4 Å². The van der Waals surface area contributed by atoms with Crippen LogP contribution >= 0.6 is 0 Å². The first-order valence-corrected chi connectivity index (χ1v) is 7.41. The predicted molar refractivity (Wildman–Crippen MR) is 77.1 cm³/mol. The molecule has 1 aromatic carbocycles. The number of nitrogens with zero attached hydrogens (tertiary/aromatic N) is 3. The first-order valence-electron chi connectivity index (χ1n) is 6.05. The highest BCUT2D eigenvalue weighted by Crippen LogP contribution is 2.18. The van der Waals surface area contributed by atoms with Crippen molar-refractivity contribution in [2.45, 2.75) is 6.54 Å². The number of ether oxygens (including phenoxy) is 1. The van der Waals surface area contributed by atoms with E-state index in [1.807, 2.05) is 0 Å². The maximum atomic E-state index is 12.0. The minimum atomic E-state index is -3.95. The molecule has 21 heavy (non-hydrogen) atoms. The first-order chi connectivity index (χ1) is 10.1. The monoisotopic (exact) mass is 309 g/mol. The molecular formula is C13H15N3O4S. The van der Waals surface area contributed by atoms with E-state index in [9.17, 15) is 8.42 Å². The number of benzene rings is 1. The van der Waals surface area contributed by atoms with Crippen LogP contribution < -0.4 is 9.04 Å². The number of hydrogen-bond donors (Lipinski definition) is 0. The van der Waals surface area contributed by atoms with Gasteiger partial charge in [-0.15, -0.1) is 0 Å². The third kappa shape index (κ3) is 3.67. The molecule has 0 aliphatic carbocycles. The van der Waals surface area contributed by atoms with Gasteiger partial charge in [0.1, 0.15) is 5.75 Å². The van der Waals surface area contributed by atoms with Crippen LogP contribution in [-0.4, -0.2) is 32.6 Å². The normalized spacial score (nSPS) is 11.1. The standard InChI is InChI=1S/C13H15N3O4S/c1-19-12-6-4-11(5-7-12)10-16(21(17,18)20-2)13-14-8-3-9-15-13/h3-9H,10H2,1-2H3. The van der Waals surface area contributed by atoms with Crippen molar-refractivity contribution in [3.8, 4) is 5.75 Å². The van der Waals surface area contributed by atoms with Gasteiger partial charge in [0.15, 0.2) is 0 Å². The Morgan fingerprint density at radius 1 is 1.10 bits per heavy atom. The summed E-state index contributed by atoms with van der Waals surface area (Å²) in [5.74, 6) is 0.742. The summed E-state index contributed by atoms with van der Waals surface area (Å²) in [7, 11) is -1.29. The Morgan fingerprint density at radius 3 is 2.24 bits per heavy atom. The van der Waals surface area contributed by atoms with Crippen LogP contribution in [0.25, 0.3) is 0 Å². The van der Waals surface area contributed by atoms with Crippen molar-refractivity contribution < 1.29 is 17.3 Å². The van der Waals surface area contributed by atoms with Crippen LogP contribution in [0.2, 0.25) is 0 Å². The lowest BCUT2D eigenvalue weighted by molar-refractivity contribution is 0.393. The zero-order valence-corrected chi connectivity index (χ0v) is 12.4. The van der Waals surface area contributed by atoms with E-state index in [-0.39, 0.29) is 12.5 Å². The molecule has 1 aromatic heterocycles. The van der Waals surface area contributed by atoms with Crippen molar-refractivity contribution in [3.63, 3.8) is 0 Å². The molecule has 0 N–H and O–H groups in total. The van der Waals surface area contributed by atoms with Crippen LogP contribution in [0.3, 0.4) is 0 Å². The summed E-state index contributed by atoms with van der Waals surface area (Å²) < 4.78 is 34.7. The largest absolute Gasteiger partial charge is 0.497 e. The van der Waals surface area contributed by atoms with Crippen molar-refractivity contribution in [1.82, 2.24) is 9.97 Å². The Balaban J connectivity index is 2.32. The maximum Gasteiger partial charge on any atom is 0.364 e. The maximum absolute atomic E-state index is 12.0. The molecule has 2 aromatic rings. The smallest absolute Gasteiger partial charge is 0.364 e. The zero-order chi connectivity index (χ0) is 15.3. The molecule has 0 radical (unpaired) electrons. The van der Waals surface area contributed by atoms with Crippen LogP contribution in [0.15, 0.2) is 42.7 Å². The number of aromatic nitrogens is 2. The molecule has 0 spiro atoms. The minimum Gasteiger partial charge on any atom is -0.497 e. The van der Waals surface area contributed by atoms with Gasteiger partial charge in [0.2, 0.25) is 5.95 Å².